The van der Waals surface area contributed by atoms with Crippen molar-refractivity contribution in [1.29, 1.82) is 1.12 Å². The van der Waals surface area contributed by atoms with E-state index in [-0.39, 0.29) is 199 Å². The van der Waals surface area contributed by atoms with Crippen LogP contribution in [0.2, 0.25) is 0 Å². The molecule has 51 heavy (non-hydrogen) atoms. The molecule has 3 aromatic carbocycles. The molecule has 0 heterocycles. The van der Waals surface area contributed by atoms with E-state index < -0.39 is 30.1 Å². The van der Waals surface area contributed by atoms with Gasteiger partial charge in [-0.1, -0.05) is 75.4 Å². The number of benzene rings is 3. The molecular weight excluding hydrogens is 1040 g/mol. The molecule has 0 atom stereocenters. The van der Waals surface area contributed by atoms with Crippen molar-refractivity contribution in [1.82, 2.24) is 7.50 Å². The normalized spacial score (nSPS) is 9.14. The van der Waals surface area contributed by atoms with E-state index >= 15 is 0 Å². The van der Waals surface area contributed by atoms with Gasteiger partial charge in [0.1, 0.15) is 0 Å². The van der Waals surface area contributed by atoms with E-state index in [2.05, 4.69) is 89.3 Å². The van der Waals surface area contributed by atoms with Crippen LogP contribution < -0.4 is 172 Å². The number of thiol groups is 2. The summed E-state index contributed by atoms with van der Waals surface area (Å²) in [6.45, 7) is 5.50. The Hall–Kier alpha value is 3.69. The van der Waals surface area contributed by atoms with E-state index in [0.29, 0.717) is 12.7 Å². The smallest absolute Gasteiger partial charge is 1.00 e. The van der Waals surface area contributed by atoms with E-state index in [9.17, 15) is 25.3 Å². The summed E-state index contributed by atoms with van der Waals surface area (Å²) in [5.74, 6) is 0. The molecule has 1 radical (unpaired) electrons. The van der Waals surface area contributed by atoms with E-state index in [4.69, 9.17) is 16.3 Å². The predicted molar refractivity (Wildman–Crippen MR) is 210 cm³/mol. The fourth-order valence-electron chi connectivity index (χ4n) is 2.25. The molecule has 0 aliphatic heterocycles. The molecule has 26 heteroatoms. The molecular formula is C25H41BBr3K3N5O9S5. The van der Waals surface area contributed by atoms with Gasteiger partial charge >= 0.3 is 179 Å². The number of aryl methyl sites for hydroxylation is 3. The second kappa shape index (κ2) is 44.8. The van der Waals surface area contributed by atoms with Crippen LogP contribution in [0.1, 0.15) is 40.4 Å². The molecule has 0 saturated heterocycles. The molecule has 0 saturated carbocycles. The summed E-state index contributed by atoms with van der Waals surface area (Å²) in [4.78, 5) is 11.9. The third-order valence-corrected chi connectivity index (χ3v) is 9.93. The molecule has 0 spiro atoms. The summed E-state index contributed by atoms with van der Waals surface area (Å²) in [5.41, 5.74) is 3.07. The first-order chi connectivity index (χ1) is 21.4. The number of nitrogens with zero attached hydrogens (tertiary/aromatic N) is 2. The number of halogens is 3. The Labute approximate surface area is 473 Å². The monoisotopic (exact) mass is 1080 g/mol. The van der Waals surface area contributed by atoms with Crippen LogP contribution in [0.15, 0.2) is 91.8 Å². The molecule has 0 aliphatic rings. The number of carbonyl (C=O) groups is 1. The Morgan fingerprint density at radius 1 is 0.784 bits per heavy atom. The number of carbonyl (C=O) groups excluding carboxylic acids is 1. The summed E-state index contributed by atoms with van der Waals surface area (Å²) in [5, 5.41) is 13.3. The van der Waals surface area contributed by atoms with Crippen LogP contribution in [0.4, 0.5) is 0 Å². The molecule has 0 unspecified atom stereocenters. The van der Waals surface area contributed by atoms with Crippen molar-refractivity contribution >= 4 is 118 Å². The van der Waals surface area contributed by atoms with Gasteiger partial charge in [0.25, 0.3) is 6.47 Å². The van der Waals surface area contributed by atoms with Crippen molar-refractivity contribution in [3.8, 4) is 0 Å². The molecule has 0 aliphatic carbocycles. The number of nitrogens with two attached hydrogens (primary N) is 1. The van der Waals surface area contributed by atoms with Crippen molar-refractivity contribution in [3.05, 3.63) is 93.2 Å². The second-order valence-electron chi connectivity index (χ2n) is 7.52. The summed E-state index contributed by atoms with van der Waals surface area (Å²) < 4.78 is 82.2. The average Bonchev–Trinajstić information content (AvgIpc) is 3.02. The number of rotatable bonds is 7. The van der Waals surface area contributed by atoms with E-state index in [1.54, 1.807) is 60.7 Å². The van der Waals surface area contributed by atoms with Crippen LogP contribution >= 0.6 is 74.0 Å². The summed E-state index contributed by atoms with van der Waals surface area (Å²) in [7, 11) is -5.88. The molecule has 3 aromatic rings. The minimum absolute atomic E-state index is 0. The minimum Gasteiger partial charge on any atom is -1.00 e. The summed E-state index contributed by atoms with van der Waals surface area (Å²) in [6, 6.07) is 19.6. The van der Waals surface area contributed by atoms with E-state index in [1.165, 1.54) is 12.1 Å². The maximum Gasteiger partial charge on any atom is 1.00 e. The number of hydrogen-bond donors (Lipinski definition) is 5. The largest absolute Gasteiger partial charge is 1.00 e. The molecule has 0 amide bonds. The van der Waals surface area contributed by atoms with Gasteiger partial charge in [-0.25, -0.2) is 46.5 Å². The number of primary sulfonamides is 1. The maximum atomic E-state index is 11.2. The zero-order chi connectivity index (χ0) is 36.4. The van der Waals surface area contributed by atoms with Gasteiger partial charge in [-0.15, -0.1) is 7.50 Å². The van der Waals surface area contributed by atoms with Gasteiger partial charge in [-0.3, -0.25) is 17.5 Å². The summed E-state index contributed by atoms with van der Waals surface area (Å²) >= 11 is 11.9. The molecule has 3 rings (SSSR count). The Bertz CT molecular complexity index is 1540. The number of sulfonamides is 3. The quantitative estimate of drug-likeness (QED) is 0.0405. The van der Waals surface area contributed by atoms with E-state index in [1.807, 2.05) is 20.8 Å². The molecule has 0 fully saturated rings. The van der Waals surface area contributed by atoms with Gasteiger partial charge in [-0.05, 0) is 57.2 Å². The van der Waals surface area contributed by atoms with Crippen molar-refractivity contribution < 1.29 is 196 Å². The zero-order valence-electron chi connectivity index (χ0n) is 28.4. The first kappa shape index (κ1) is 72.3. The molecule has 14 nitrogen and oxygen atoms in total. The van der Waals surface area contributed by atoms with Crippen molar-refractivity contribution in [3.63, 3.8) is 0 Å². The van der Waals surface area contributed by atoms with Crippen LogP contribution in [0.5, 0.6) is 0 Å². The van der Waals surface area contributed by atoms with Crippen LogP contribution in [0.3, 0.4) is 0 Å². The second-order valence-corrected chi connectivity index (χ2v) is 15.5. The Kier molecular flexibility index (Phi) is 63.5. The Balaban J connectivity index is -0.0000000543. The van der Waals surface area contributed by atoms with Crippen molar-refractivity contribution in [2.24, 2.45) is 9.44 Å². The van der Waals surface area contributed by atoms with Crippen LogP contribution in [0.25, 0.3) is 3.75 Å². The molecule has 277 valence electrons. The van der Waals surface area contributed by atoms with Crippen LogP contribution in [0, 0.1) is 20.8 Å². The van der Waals surface area contributed by atoms with Gasteiger partial charge in [-0.2, -0.15) is 0 Å². The van der Waals surface area contributed by atoms with Crippen molar-refractivity contribution in [2.45, 2.75) is 57.7 Å². The number of nitrogens with one attached hydrogen (secondary N) is 2. The third kappa shape index (κ3) is 41.7. The van der Waals surface area contributed by atoms with Crippen LogP contribution in [-0.2, 0) is 39.8 Å². The minimum atomic E-state index is -3.52. The van der Waals surface area contributed by atoms with Gasteiger partial charge in [0.05, 0.1) is 15.8 Å². The maximum absolute atomic E-state index is 11.2. The topological polar surface area (TPSA) is 228 Å². The standard InChI is InChI=1S/2C7H8BrNO2S.C7H9NO2S.CH2O3.3CH4.BHNS.BrHNS.3K.H/c2*1-6-2-4-7(5-3-6)12(10,11)9-8;1-6-2-4-7(5-3-6)11(8,9)10;2-1-4-3;;;;2*1-2-3;;;;/h2*2-5,9H,1H3;2-5H,1H3,(H2,8,9,10);1,3H;3*1H4;2*3H;;;;/q;;;;;;;;-1;3*+1;-1/p-1/i/hT. The SMILES string of the molecule is C.C.C.Cc1ccc(S(=O)(=O)NBr)cc1.Cc1ccc(S(=O)(=O)NBr)cc1.Cc1ccc(S(N)(=O)=O)cc1.O=CO[O-].[3H]S[N-]Br.[B]=NS.[H-].[K+].[K+].[K+]. The predicted octanol–water partition coefficient (Wildman–Crippen LogP) is -3.03. The Morgan fingerprint density at radius 3 is 1.12 bits per heavy atom. The fourth-order valence-corrected chi connectivity index (χ4v) is 5.06. The molecule has 4 N–H and O–H groups in total. The zero-order valence-corrected chi connectivity index (χ0v) is 44.7. The Morgan fingerprint density at radius 2 is 0.980 bits per heavy atom. The van der Waals surface area contributed by atoms with Gasteiger partial charge in [0.2, 0.25) is 30.1 Å². The first-order valence-corrected chi connectivity index (χ1v) is 18.6. The molecule has 0 aromatic heterocycles. The fraction of sp³-hybridized carbons (Fsp3) is 0.240. The van der Waals surface area contributed by atoms with Gasteiger partial charge in [0, 0.05) is 32.3 Å². The van der Waals surface area contributed by atoms with E-state index in [0.717, 1.165) is 16.7 Å². The number of hydrogen-bond acceptors (Lipinski definition) is 12. The van der Waals surface area contributed by atoms with Gasteiger partial charge < -0.3 is 15.3 Å². The van der Waals surface area contributed by atoms with Gasteiger partial charge in [0.15, 0.2) is 0 Å². The average molecular weight is 1090 g/mol. The first-order valence-electron chi connectivity index (χ1n) is 11.5. The summed E-state index contributed by atoms with van der Waals surface area (Å²) in [6.07, 6.45) is 0. The van der Waals surface area contributed by atoms with Crippen LogP contribution in [-0.4, -0.2) is 40.5 Å². The third-order valence-electron chi connectivity index (χ3n) is 4.25. The van der Waals surface area contributed by atoms with Crippen molar-refractivity contribution in [2.75, 3.05) is 0 Å². The molecule has 0 bridgehead atoms.